The Morgan fingerprint density at radius 3 is 2.70 bits per heavy atom. The van der Waals surface area contributed by atoms with E-state index in [0.29, 0.717) is 16.3 Å². The van der Waals surface area contributed by atoms with Crippen molar-refractivity contribution in [1.29, 1.82) is 0 Å². The van der Waals surface area contributed by atoms with E-state index in [0.717, 1.165) is 21.7 Å². The second kappa shape index (κ2) is 7.58. The van der Waals surface area contributed by atoms with Crippen molar-refractivity contribution in [2.45, 2.75) is 17.6 Å². The fourth-order valence-corrected chi connectivity index (χ4v) is 4.69. The Labute approximate surface area is 165 Å². The summed E-state index contributed by atoms with van der Waals surface area (Å²) in [4.78, 5) is 22.3. The van der Waals surface area contributed by atoms with Crippen LogP contribution in [0.5, 0.6) is 5.75 Å². The number of fused-ring (bicyclic) bond motifs is 1. The number of nitrogens with one attached hydrogen (secondary N) is 1. The molecular weight excluding hydrogens is 376 g/mol. The van der Waals surface area contributed by atoms with Crippen LogP contribution < -0.4 is 10.3 Å². The Balaban J connectivity index is 1.61. The molecule has 0 unspecified atom stereocenters. The van der Waals surface area contributed by atoms with Gasteiger partial charge in [-0.2, -0.15) is 0 Å². The lowest BCUT2D eigenvalue weighted by molar-refractivity contribution is 0.415. The number of aromatic amines is 1. The van der Waals surface area contributed by atoms with Gasteiger partial charge in [0, 0.05) is 9.77 Å². The first-order valence-corrected chi connectivity index (χ1v) is 10.3. The minimum absolute atomic E-state index is 0.0791. The van der Waals surface area contributed by atoms with Crippen LogP contribution in [-0.2, 0) is 5.75 Å². The van der Waals surface area contributed by atoms with E-state index in [4.69, 9.17) is 4.74 Å². The van der Waals surface area contributed by atoms with Crippen molar-refractivity contribution >= 4 is 33.3 Å². The summed E-state index contributed by atoms with van der Waals surface area (Å²) in [6.45, 7) is 2.07. The SMILES string of the molecule is COc1ccc(-c2cc3nc(CSc4cccc(C)c4)[nH]c(=O)c3s2)cc1. The van der Waals surface area contributed by atoms with Crippen molar-refractivity contribution in [1.82, 2.24) is 9.97 Å². The Hall–Kier alpha value is -2.57. The molecule has 0 amide bonds. The first-order chi connectivity index (χ1) is 13.1. The van der Waals surface area contributed by atoms with Gasteiger partial charge >= 0.3 is 0 Å². The summed E-state index contributed by atoms with van der Waals surface area (Å²) in [7, 11) is 1.65. The lowest BCUT2D eigenvalue weighted by Gasteiger charge is -2.02. The Morgan fingerprint density at radius 2 is 1.96 bits per heavy atom. The normalized spacial score (nSPS) is 11.0. The summed E-state index contributed by atoms with van der Waals surface area (Å²) in [5.41, 5.74) is 2.94. The molecule has 4 nitrogen and oxygen atoms in total. The molecule has 27 heavy (non-hydrogen) atoms. The Bertz CT molecular complexity index is 1150. The molecule has 0 spiro atoms. The second-order valence-electron chi connectivity index (χ2n) is 6.17. The van der Waals surface area contributed by atoms with Crippen LogP contribution in [0, 0.1) is 6.92 Å². The number of thiophene rings is 1. The maximum absolute atomic E-state index is 12.5. The number of benzene rings is 2. The largest absolute Gasteiger partial charge is 0.497 e. The van der Waals surface area contributed by atoms with Gasteiger partial charge in [-0.3, -0.25) is 4.79 Å². The van der Waals surface area contributed by atoms with Crippen LogP contribution in [0.15, 0.2) is 64.3 Å². The molecule has 136 valence electrons. The molecule has 0 fully saturated rings. The molecule has 0 saturated carbocycles. The summed E-state index contributed by atoms with van der Waals surface area (Å²) in [5, 5.41) is 0. The topological polar surface area (TPSA) is 55.0 Å². The van der Waals surface area contributed by atoms with Gasteiger partial charge in [-0.05, 0) is 55.0 Å². The van der Waals surface area contributed by atoms with Crippen LogP contribution >= 0.6 is 23.1 Å². The third-order valence-electron chi connectivity index (χ3n) is 4.17. The molecule has 0 saturated heterocycles. The molecule has 0 bridgehead atoms. The second-order valence-corrected chi connectivity index (χ2v) is 8.27. The van der Waals surface area contributed by atoms with Crippen LogP contribution in [-0.4, -0.2) is 17.1 Å². The van der Waals surface area contributed by atoms with E-state index in [2.05, 4.69) is 35.1 Å². The highest BCUT2D eigenvalue weighted by atomic mass is 32.2. The summed E-state index contributed by atoms with van der Waals surface area (Å²) in [6, 6.07) is 18.1. The molecule has 2 heterocycles. The van der Waals surface area contributed by atoms with Crippen molar-refractivity contribution in [2.24, 2.45) is 0 Å². The number of hydrogen-bond acceptors (Lipinski definition) is 5. The minimum Gasteiger partial charge on any atom is -0.497 e. The van der Waals surface area contributed by atoms with Crippen LogP contribution in [0.1, 0.15) is 11.4 Å². The van der Waals surface area contributed by atoms with Gasteiger partial charge in [-0.1, -0.05) is 17.7 Å². The molecule has 4 rings (SSSR count). The van der Waals surface area contributed by atoms with Crippen LogP contribution in [0.3, 0.4) is 0 Å². The average Bonchev–Trinajstić information content (AvgIpc) is 3.11. The van der Waals surface area contributed by atoms with Crippen molar-refractivity contribution in [3.63, 3.8) is 0 Å². The van der Waals surface area contributed by atoms with E-state index < -0.39 is 0 Å². The number of aromatic nitrogens is 2. The van der Waals surface area contributed by atoms with Crippen LogP contribution in [0.2, 0.25) is 0 Å². The number of hydrogen-bond donors (Lipinski definition) is 1. The van der Waals surface area contributed by atoms with E-state index in [1.807, 2.05) is 36.4 Å². The fraction of sp³-hybridized carbons (Fsp3) is 0.143. The highest BCUT2D eigenvalue weighted by molar-refractivity contribution is 7.98. The molecule has 1 N–H and O–H groups in total. The first-order valence-electron chi connectivity index (χ1n) is 8.49. The van der Waals surface area contributed by atoms with E-state index in [9.17, 15) is 4.79 Å². The minimum atomic E-state index is -0.0791. The molecule has 0 radical (unpaired) electrons. The van der Waals surface area contributed by atoms with Crippen molar-refractivity contribution in [2.75, 3.05) is 7.11 Å². The zero-order valence-corrected chi connectivity index (χ0v) is 16.6. The molecule has 0 atom stereocenters. The standard InChI is InChI=1S/C21H18N2O2S2/c1-13-4-3-5-16(10-13)26-12-19-22-17-11-18(27-20(17)21(24)23-19)14-6-8-15(25-2)9-7-14/h3-11H,12H2,1-2H3,(H,22,23,24). The number of methoxy groups -OCH3 is 1. The van der Waals surface area contributed by atoms with Gasteiger partial charge in [0.2, 0.25) is 0 Å². The van der Waals surface area contributed by atoms with Gasteiger partial charge in [-0.25, -0.2) is 4.98 Å². The van der Waals surface area contributed by atoms with Gasteiger partial charge in [0.15, 0.2) is 0 Å². The molecule has 4 aromatic rings. The lowest BCUT2D eigenvalue weighted by atomic mass is 10.2. The Kier molecular flexibility index (Phi) is 5.01. The monoisotopic (exact) mass is 394 g/mol. The van der Waals surface area contributed by atoms with Gasteiger partial charge in [0.25, 0.3) is 5.56 Å². The summed E-state index contributed by atoms with van der Waals surface area (Å²) < 4.78 is 5.86. The fourth-order valence-electron chi connectivity index (χ4n) is 2.81. The zero-order valence-electron chi connectivity index (χ0n) is 15.0. The van der Waals surface area contributed by atoms with Gasteiger partial charge < -0.3 is 9.72 Å². The van der Waals surface area contributed by atoms with Crippen molar-refractivity contribution in [3.8, 4) is 16.2 Å². The number of H-pyrrole nitrogens is 1. The summed E-state index contributed by atoms with van der Waals surface area (Å²) in [5.74, 6) is 2.13. The van der Waals surface area contributed by atoms with E-state index >= 15 is 0 Å². The summed E-state index contributed by atoms with van der Waals surface area (Å²) in [6.07, 6.45) is 0. The Morgan fingerprint density at radius 1 is 1.15 bits per heavy atom. The van der Waals surface area contributed by atoms with Crippen molar-refractivity contribution in [3.05, 3.63) is 76.3 Å². The highest BCUT2D eigenvalue weighted by Gasteiger charge is 2.11. The number of aryl methyl sites for hydroxylation is 1. The van der Waals surface area contributed by atoms with E-state index in [1.54, 1.807) is 18.9 Å². The average molecular weight is 395 g/mol. The third-order valence-corrected chi connectivity index (χ3v) is 6.35. The van der Waals surface area contributed by atoms with Crippen molar-refractivity contribution < 1.29 is 4.74 Å². The third kappa shape index (κ3) is 3.91. The smallest absolute Gasteiger partial charge is 0.268 e. The van der Waals surface area contributed by atoms with E-state index in [-0.39, 0.29) is 5.56 Å². The van der Waals surface area contributed by atoms with Gasteiger partial charge in [-0.15, -0.1) is 23.1 Å². The number of thioether (sulfide) groups is 1. The maximum Gasteiger partial charge on any atom is 0.268 e. The number of ether oxygens (including phenoxy) is 1. The predicted molar refractivity (Wildman–Crippen MR) is 113 cm³/mol. The maximum atomic E-state index is 12.5. The molecule has 0 aliphatic carbocycles. The van der Waals surface area contributed by atoms with Crippen LogP contribution in [0.25, 0.3) is 20.7 Å². The molecular formula is C21H18N2O2S2. The quantitative estimate of drug-likeness (QED) is 0.469. The van der Waals surface area contributed by atoms with E-state index in [1.165, 1.54) is 21.8 Å². The number of nitrogens with zero attached hydrogens (tertiary/aromatic N) is 1. The van der Waals surface area contributed by atoms with Gasteiger partial charge in [0.1, 0.15) is 16.3 Å². The molecule has 0 aliphatic rings. The molecule has 6 heteroatoms. The molecule has 2 aromatic carbocycles. The predicted octanol–water partition coefficient (Wildman–Crippen LogP) is 5.26. The van der Waals surface area contributed by atoms with Gasteiger partial charge in [0.05, 0.1) is 18.4 Å². The molecule has 2 aromatic heterocycles. The summed E-state index contributed by atoms with van der Waals surface area (Å²) >= 11 is 3.13. The van der Waals surface area contributed by atoms with Crippen LogP contribution in [0.4, 0.5) is 0 Å². The number of rotatable bonds is 5. The highest BCUT2D eigenvalue weighted by Crippen LogP contribution is 2.32. The first kappa shape index (κ1) is 17.8. The zero-order chi connectivity index (χ0) is 18.8. The molecule has 0 aliphatic heterocycles. The lowest BCUT2D eigenvalue weighted by Crippen LogP contribution is -2.09.